The Kier molecular flexibility index (Phi) is 6.75. The number of nitrogens with zero attached hydrogens (tertiary/aromatic N) is 1. The van der Waals surface area contributed by atoms with Gasteiger partial charge in [0.05, 0.1) is 12.2 Å². The number of furan rings is 1. The normalized spacial score (nSPS) is 18.3. The molecule has 0 bridgehead atoms. The molecule has 2 atom stereocenters. The van der Waals surface area contributed by atoms with Crippen molar-refractivity contribution < 1.29 is 23.5 Å². The van der Waals surface area contributed by atoms with E-state index in [9.17, 15) is 9.59 Å². The molecule has 1 amide bonds. The van der Waals surface area contributed by atoms with Crippen LogP contribution in [0.3, 0.4) is 0 Å². The third-order valence-corrected chi connectivity index (χ3v) is 5.70. The van der Waals surface area contributed by atoms with Crippen molar-refractivity contribution in [3.05, 3.63) is 34.5 Å². The number of halogens is 1. The van der Waals surface area contributed by atoms with Crippen molar-refractivity contribution in [1.29, 1.82) is 0 Å². The molecule has 0 spiro atoms. The summed E-state index contributed by atoms with van der Waals surface area (Å²) in [4.78, 5) is 27.4. The summed E-state index contributed by atoms with van der Waals surface area (Å²) in [6, 6.07) is 5.84. The summed E-state index contributed by atoms with van der Waals surface area (Å²) in [5, 5.41) is 0.977. The number of benzene rings is 1. The van der Waals surface area contributed by atoms with Crippen LogP contribution >= 0.6 is 15.9 Å². The second-order valence-corrected chi connectivity index (χ2v) is 11.1. The number of carbonyl (C=O) groups excluding carboxylic acids is 2. The van der Waals surface area contributed by atoms with Gasteiger partial charge in [0.1, 0.15) is 16.8 Å². The van der Waals surface area contributed by atoms with Gasteiger partial charge in [0, 0.05) is 22.9 Å². The van der Waals surface area contributed by atoms with Crippen molar-refractivity contribution in [2.45, 2.75) is 65.6 Å². The van der Waals surface area contributed by atoms with Gasteiger partial charge in [-0.15, -0.1) is 0 Å². The number of rotatable bonds is 4. The number of esters is 1. The third kappa shape index (κ3) is 6.25. The maximum absolute atomic E-state index is 13.2. The molecule has 31 heavy (non-hydrogen) atoms. The lowest BCUT2D eigenvalue weighted by molar-refractivity contribution is -0.161. The first-order valence-corrected chi connectivity index (χ1v) is 11.5. The number of amides is 1. The van der Waals surface area contributed by atoms with Crippen molar-refractivity contribution in [2.75, 3.05) is 13.1 Å². The van der Waals surface area contributed by atoms with E-state index in [2.05, 4.69) is 15.9 Å². The highest BCUT2D eigenvalue weighted by Crippen LogP contribution is 2.33. The van der Waals surface area contributed by atoms with Crippen LogP contribution in [0.5, 0.6) is 0 Å². The van der Waals surface area contributed by atoms with Gasteiger partial charge in [0.25, 0.3) is 0 Å². The predicted octanol–water partition coefficient (Wildman–Crippen LogP) is 5.95. The highest BCUT2D eigenvalue weighted by molar-refractivity contribution is 9.10. The summed E-state index contributed by atoms with van der Waals surface area (Å²) in [5.41, 5.74) is 0.606. The molecule has 1 aliphatic rings. The predicted molar refractivity (Wildman–Crippen MR) is 123 cm³/mol. The van der Waals surface area contributed by atoms with Crippen LogP contribution in [-0.4, -0.2) is 41.3 Å². The first kappa shape index (κ1) is 23.6. The molecule has 0 N–H and O–H groups in total. The number of hydrogen-bond donors (Lipinski definition) is 0. The van der Waals surface area contributed by atoms with Crippen molar-refractivity contribution in [1.82, 2.24) is 4.90 Å². The minimum Gasteiger partial charge on any atom is -0.464 e. The lowest BCUT2D eigenvalue weighted by Crippen LogP contribution is -2.38. The van der Waals surface area contributed by atoms with E-state index in [0.717, 1.165) is 27.4 Å². The molecule has 2 heterocycles. The van der Waals surface area contributed by atoms with Gasteiger partial charge in [-0.1, -0.05) is 15.9 Å². The first-order chi connectivity index (χ1) is 14.3. The molecule has 7 heteroatoms. The molecule has 0 saturated carbocycles. The number of likely N-dealkylation sites (tertiary alicyclic amines) is 1. The molecule has 170 valence electrons. The Morgan fingerprint density at radius 2 is 1.84 bits per heavy atom. The van der Waals surface area contributed by atoms with Crippen LogP contribution in [0.1, 0.15) is 53.5 Å². The van der Waals surface area contributed by atoms with Gasteiger partial charge in [0.15, 0.2) is 0 Å². The van der Waals surface area contributed by atoms with Crippen molar-refractivity contribution in [3.63, 3.8) is 0 Å². The smallest absolute Gasteiger partial charge is 0.410 e. The fraction of sp³-hybridized carbons (Fsp3) is 0.583. The Morgan fingerprint density at radius 3 is 2.48 bits per heavy atom. The molecule has 6 nitrogen and oxygen atoms in total. The first-order valence-electron chi connectivity index (χ1n) is 10.7. The number of ether oxygens (including phenoxy) is 2. The lowest BCUT2D eigenvalue weighted by Gasteiger charge is -2.28. The molecule has 2 aromatic rings. The second kappa shape index (κ2) is 8.85. The van der Waals surface area contributed by atoms with Gasteiger partial charge in [-0.3, -0.25) is 4.79 Å². The lowest BCUT2D eigenvalue weighted by atomic mass is 9.86. The molecule has 0 radical (unpaired) electrons. The highest BCUT2D eigenvalue weighted by atomic mass is 79.9. The zero-order chi connectivity index (χ0) is 23.0. The van der Waals surface area contributed by atoms with Gasteiger partial charge < -0.3 is 18.8 Å². The van der Waals surface area contributed by atoms with Gasteiger partial charge in [-0.05, 0) is 84.1 Å². The zero-order valence-electron chi connectivity index (χ0n) is 19.2. The number of hydrogen-bond acceptors (Lipinski definition) is 5. The Labute approximate surface area is 192 Å². The van der Waals surface area contributed by atoms with Crippen LogP contribution < -0.4 is 0 Å². The van der Waals surface area contributed by atoms with E-state index in [-0.39, 0.29) is 23.9 Å². The quantitative estimate of drug-likeness (QED) is 0.491. The van der Waals surface area contributed by atoms with Crippen LogP contribution in [0.25, 0.3) is 11.0 Å². The molecule has 3 rings (SSSR count). The van der Waals surface area contributed by atoms with E-state index in [1.807, 2.05) is 59.7 Å². The fourth-order valence-corrected chi connectivity index (χ4v) is 4.24. The average molecular weight is 494 g/mol. The summed E-state index contributed by atoms with van der Waals surface area (Å²) in [5.74, 6) is -0.640. The standard InChI is InChI=1S/C24H32BrNO5/c1-23(2,3)30-21(27)19(11-16-14-29-20-8-7-17(25)12-18(16)20)15-9-10-26(13-15)22(28)31-24(4,5)6/h7-8,12,14-15,19H,9-11,13H2,1-6H3/t15-,19-/m0/s1. The SMILES string of the molecule is CC(C)(C)OC(=O)[C@@H](Cc1coc2ccc(Br)cc12)[C@H]1CCN(C(=O)OC(C)(C)C)C1. The van der Waals surface area contributed by atoms with Crippen LogP contribution in [0, 0.1) is 11.8 Å². The monoisotopic (exact) mass is 493 g/mol. The minimum atomic E-state index is -0.583. The molecular weight excluding hydrogens is 462 g/mol. The summed E-state index contributed by atoms with van der Waals surface area (Å²) in [6.45, 7) is 12.2. The van der Waals surface area contributed by atoms with Gasteiger partial charge >= 0.3 is 12.1 Å². The topological polar surface area (TPSA) is 69.0 Å². The van der Waals surface area contributed by atoms with E-state index in [4.69, 9.17) is 13.9 Å². The Hall–Kier alpha value is -2.02. The molecule has 0 unspecified atom stereocenters. The maximum atomic E-state index is 13.2. The molecule has 1 fully saturated rings. The van der Waals surface area contributed by atoms with Crippen molar-refractivity contribution in [2.24, 2.45) is 11.8 Å². The molecule has 1 aliphatic heterocycles. The summed E-state index contributed by atoms with van der Waals surface area (Å²) >= 11 is 3.51. The zero-order valence-corrected chi connectivity index (χ0v) is 20.7. The van der Waals surface area contributed by atoms with Crippen molar-refractivity contribution >= 4 is 39.0 Å². The Morgan fingerprint density at radius 1 is 1.16 bits per heavy atom. The molecular formula is C24H32BrNO5. The summed E-state index contributed by atoms with van der Waals surface area (Å²) in [6.07, 6.45) is 2.60. The van der Waals surface area contributed by atoms with Crippen LogP contribution in [0.4, 0.5) is 4.79 Å². The molecule has 1 aromatic heterocycles. The molecule has 0 aliphatic carbocycles. The maximum Gasteiger partial charge on any atom is 0.410 e. The van der Waals surface area contributed by atoms with E-state index >= 15 is 0 Å². The minimum absolute atomic E-state index is 0.0144. The average Bonchev–Trinajstić information content (AvgIpc) is 3.23. The van der Waals surface area contributed by atoms with E-state index < -0.39 is 11.2 Å². The fourth-order valence-electron chi connectivity index (χ4n) is 3.88. The van der Waals surface area contributed by atoms with E-state index in [1.165, 1.54) is 0 Å². The van der Waals surface area contributed by atoms with Crippen LogP contribution in [0.15, 0.2) is 33.4 Å². The largest absolute Gasteiger partial charge is 0.464 e. The third-order valence-electron chi connectivity index (χ3n) is 5.21. The van der Waals surface area contributed by atoms with E-state index in [1.54, 1.807) is 11.2 Å². The van der Waals surface area contributed by atoms with Crippen LogP contribution in [0.2, 0.25) is 0 Å². The second-order valence-electron chi connectivity index (χ2n) is 10.2. The highest BCUT2D eigenvalue weighted by Gasteiger charge is 2.39. The number of fused-ring (bicyclic) bond motifs is 1. The molecule has 1 aromatic carbocycles. The summed E-state index contributed by atoms with van der Waals surface area (Å²) < 4.78 is 17.9. The van der Waals surface area contributed by atoms with Crippen molar-refractivity contribution in [3.8, 4) is 0 Å². The van der Waals surface area contributed by atoms with Gasteiger partial charge in [-0.25, -0.2) is 4.79 Å². The molecule has 1 saturated heterocycles. The van der Waals surface area contributed by atoms with Gasteiger partial charge in [0.2, 0.25) is 0 Å². The number of carbonyl (C=O) groups is 2. The Balaban J connectivity index is 1.82. The van der Waals surface area contributed by atoms with E-state index in [0.29, 0.717) is 19.5 Å². The van der Waals surface area contributed by atoms with Crippen LogP contribution in [-0.2, 0) is 20.7 Å². The van der Waals surface area contributed by atoms with Gasteiger partial charge in [-0.2, -0.15) is 0 Å². The summed E-state index contributed by atoms with van der Waals surface area (Å²) in [7, 11) is 0. The Bertz CT molecular complexity index is 953.